The number of anilines is 1. The van der Waals surface area contributed by atoms with Gasteiger partial charge in [-0.3, -0.25) is 9.10 Å². The Balaban J connectivity index is 1.80. The van der Waals surface area contributed by atoms with Gasteiger partial charge in [-0.15, -0.1) is 0 Å². The van der Waals surface area contributed by atoms with Crippen LogP contribution in [0.5, 0.6) is 11.5 Å². The van der Waals surface area contributed by atoms with Crippen LogP contribution >= 0.6 is 0 Å². The summed E-state index contributed by atoms with van der Waals surface area (Å²) in [5, 5.41) is 2.83. The molecule has 0 unspecified atom stereocenters. The lowest BCUT2D eigenvalue weighted by Gasteiger charge is -2.26. The van der Waals surface area contributed by atoms with Crippen LogP contribution in [0.3, 0.4) is 0 Å². The second-order valence-corrected chi connectivity index (χ2v) is 9.16. The molecule has 174 valence electrons. The number of hydrogen-bond acceptors (Lipinski definition) is 5. The van der Waals surface area contributed by atoms with Crippen molar-refractivity contribution in [3.63, 3.8) is 0 Å². The number of methoxy groups -OCH3 is 2. The molecule has 0 aliphatic carbocycles. The van der Waals surface area contributed by atoms with Crippen molar-refractivity contribution in [1.82, 2.24) is 5.32 Å². The molecule has 0 saturated carbocycles. The molecule has 3 aromatic rings. The van der Waals surface area contributed by atoms with Crippen molar-refractivity contribution < 1.29 is 22.7 Å². The molecule has 0 bridgehead atoms. The number of nitrogens with one attached hydrogen (secondary N) is 1. The van der Waals surface area contributed by atoms with Gasteiger partial charge in [0, 0.05) is 12.6 Å². The molecule has 3 aromatic carbocycles. The van der Waals surface area contributed by atoms with E-state index in [1.54, 1.807) is 36.4 Å². The summed E-state index contributed by atoms with van der Waals surface area (Å²) in [6, 6.07) is 22.8. The minimum absolute atomic E-state index is 0.0831. The third-order valence-corrected chi connectivity index (χ3v) is 6.86. The SMILES string of the molecule is COc1ccc(N(CC(=O)NCCCc2ccccc2)S(=O)(=O)c2ccccc2)c(OC)c1. The first-order valence-electron chi connectivity index (χ1n) is 10.6. The second kappa shape index (κ2) is 11.4. The maximum atomic E-state index is 13.5. The monoisotopic (exact) mass is 468 g/mol. The van der Waals surface area contributed by atoms with Crippen molar-refractivity contribution in [2.24, 2.45) is 0 Å². The Morgan fingerprint density at radius 3 is 2.21 bits per heavy atom. The molecule has 8 heteroatoms. The van der Waals surface area contributed by atoms with Gasteiger partial charge in [-0.05, 0) is 42.7 Å². The minimum Gasteiger partial charge on any atom is -0.497 e. The Kier molecular flexibility index (Phi) is 8.32. The molecular formula is C25H28N2O5S. The van der Waals surface area contributed by atoms with Crippen molar-refractivity contribution >= 4 is 21.6 Å². The lowest BCUT2D eigenvalue weighted by atomic mass is 10.1. The number of nitrogens with zero attached hydrogens (tertiary/aromatic N) is 1. The van der Waals surface area contributed by atoms with E-state index < -0.39 is 15.9 Å². The number of sulfonamides is 1. The minimum atomic E-state index is -4.02. The second-order valence-electron chi connectivity index (χ2n) is 7.30. The Labute approximate surface area is 195 Å². The van der Waals surface area contributed by atoms with Crippen molar-refractivity contribution in [2.75, 3.05) is 31.6 Å². The van der Waals surface area contributed by atoms with Gasteiger partial charge in [0.2, 0.25) is 5.91 Å². The van der Waals surface area contributed by atoms with E-state index in [-0.39, 0.29) is 22.9 Å². The number of hydrogen-bond donors (Lipinski definition) is 1. The first-order valence-corrected chi connectivity index (χ1v) is 12.0. The van der Waals surface area contributed by atoms with Crippen LogP contribution < -0.4 is 19.1 Å². The molecule has 0 saturated heterocycles. The number of amides is 1. The number of ether oxygens (including phenoxy) is 2. The van der Waals surface area contributed by atoms with Gasteiger partial charge in [0.15, 0.2) is 0 Å². The summed E-state index contributed by atoms with van der Waals surface area (Å²) in [5.41, 5.74) is 1.43. The quantitative estimate of drug-likeness (QED) is 0.434. The fourth-order valence-electron chi connectivity index (χ4n) is 3.36. The van der Waals surface area contributed by atoms with Gasteiger partial charge < -0.3 is 14.8 Å². The van der Waals surface area contributed by atoms with E-state index in [2.05, 4.69) is 5.32 Å². The largest absolute Gasteiger partial charge is 0.497 e. The van der Waals surface area contributed by atoms with Crippen LogP contribution in [0.1, 0.15) is 12.0 Å². The Hall–Kier alpha value is -3.52. The van der Waals surface area contributed by atoms with Crippen LogP contribution in [0.4, 0.5) is 5.69 Å². The molecule has 0 heterocycles. The number of carbonyl (C=O) groups is 1. The summed E-state index contributed by atoms with van der Waals surface area (Å²) in [4.78, 5) is 12.8. The highest BCUT2D eigenvalue weighted by Crippen LogP contribution is 2.35. The summed E-state index contributed by atoms with van der Waals surface area (Å²) in [6.07, 6.45) is 1.56. The van der Waals surface area contributed by atoms with Crippen molar-refractivity contribution in [2.45, 2.75) is 17.7 Å². The average molecular weight is 469 g/mol. The molecule has 1 amide bonds. The average Bonchev–Trinajstić information content (AvgIpc) is 2.86. The maximum Gasteiger partial charge on any atom is 0.264 e. The fraction of sp³-hybridized carbons (Fsp3) is 0.240. The highest BCUT2D eigenvalue weighted by molar-refractivity contribution is 7.92. The van der Waals surface area contributed by atoms with E-state index in [1.165, 1.54) is 31.9 Å². The van der Waals surface area contributed by atoms with Gasteiger partial charge in [-0.25, -0.2) is 8.42 Å². The maximum absolute atomic E-state index is 13.5. The Bertz CT molecular complexity index is 1150. The molecule has 0 radical (unpaired) electrons. The highest BCUT2D eigenvalue weighted by Gasteiger charge is 2.29. The van der Waals surface area contributed by atoms with E-state index in [4.69, 9.17) is 9.47 Å². The molecule has 0 fully saturated rings. The number of aryl methyl sites for hydroxylation is 1. The molecule has 1 N–H and O–H groups in total. The Morgan fingerprint density at radius 2 is 1.58 bits per heavy atom. The van der Waals surface area contributed by atoms with Crippen LogP contribution in [-0.2, 0) is 21.2 Å². The van der Waals surface area contributed by atoms with E-state index in [0.717, 1.165) is 17.1 Å². The zero-order valence-corrected chi connectivity index (χ0v) is 19.5. The predicted octanol–water partition coefficient (Wildman–Crippen LogP) is 3.65. The van der Waals surface area contributed by atoms with Crippen LogP contribution in [0.2, 0.25) is 0 Å². The zero-order chi connectivity index (χ0) is 23.7. The first-order chi connectivity index (χ1) is 16.0. The van der Waals surface area contributed by atoms with Gasteiger partial charge in [-0.2, -0.15) is 0 Å². The standard InChI is InChI=1S/C25H28N2O5S/c1-31-21-15-16-23(24(18-21)32-2)27(33(29,30)22-13-7-4-8-14-22)19-25(28)26-17-9-12-20-10-5-3-6-11-20/h3-8,10-11,13-16,18H,9,12,17,19H2,1-2H3,(H,26,28). The number of carbonyl (C=O) groups excluding carboxylic acids is 1. The summed E-state index contributed by atoms with van der Waals surface area (Å²) < 4.78 is 38.6. The highest BCUT2D eigenvalue weighted by atomic mass is 32.2. The topological polar surface area (TPSA) is 84.9 Å². The smallest absolute Gasteiger partial charge is 0.264 e. The van der Waals surface area contributed by atoms with Crippen LogP contribution in [-0.4, -0.2) is 41.6 Å². The number of benzene rings is 3. The van der Waals surface area contributed by atoms with E-state index in [0.29, 0.717) is 12.3 Å². The molecule has 0 spiro atoms. The predicted molar refractivity (Wildman–Crippen MR) is 128 cm³/mol. The van der Waals surface area contributed by atoms with E-state index in [9.17, 15) is 13.2 Å². The van der Waals surface area contributed by atoms with Gasteiger partial charge in [-0.1, -0.05) is 48.5 Å². The number of rotatable bonds is 11. The molecule has 0 aliphatic rings. The van der Waals surface area contributed by atoms with E-state index >= 15 is 0 Å². The van der Waals surface area contributed by atoms with Gasteiger partial charge in [0.25, 0.3) is 10.0 Å². The van der Waals surface area contributed by atoms with Gasteiger partial charge >= 0.3 is 0 Å². The molecule has 33 heavy (non-hydrogen) atoms. The van der Waals surface area contributed by atoms with Crippen molar-refractivity contribution in [3.05, 3.63) is 84.4 Å². The van der Waals surface area contributed by atoms with Gasteiger partial charge in [0.1, 0.15) is 18.0 Å². The summed E-state index contributed by atoms with van der Waals surface area (Å²) in [6.45, 7) is 0.0535. The van der Waals surface area contributed by atoms with Crippen molar-refractivity contribution in [1.29, 1.82) is 0 Å². The van der Waals surface area contributed by atoms with Crippen LogP contribution in [0.15, 0.2) is 83.8 Å². The summed E-state index contributed by atoms with van der Waals surface area (Å²) >= 11 is 0. The normalized spacial score (nSPS) is 11.0. The van der Waals surface area contributed by atoms with Crippen LogP contribution in [0, 0.1) is 0 Å². The molecule has 0 atom stereocenters. The van der Waals surface area contributed by atoms with Crippen LogP contribution in [0.25, 0.3) is 0 Å². The molecule has 3 rings (SSSR count). The molecule has 0 aliphatic heterocycles. The fourth-order valence-corrected chi connectivity index (χ4v) is 4.81. The summed E-state index contributed by atoms with van der Waals surface area (Å²) in [7, 11) is -1.07. The summed E-state index contributed by atoms with van der Waals surface area (Å²) in [5.74, 6) is 0.393. The third-order valence-electron chi connectivity index (χ3n) is 5.08. The zero-order valence-electron chi connectivity index (χ0n) is 18.7. The lowest BCUT2D eigenvalue weighted by Crippen LogP contribution is -2.41. The van der Waals surface area contributed by atoms with Gasteiger partial charge in [0.05, 0.1) is 24.8 Å². The molecular weight excluding hydrogens is 440 g/mol. The van der Waals surface area contributed by atoms with Crippen molar-refractivity contribution in [3.8, 4) is 11.5 Å². The Morgan fingerprint density at radius 1 is 0.909 bits per heavy atom. The van der Waals surface area contributed by atoms with E-state index in [1.807, 2.05) is 30.3 Å². The first kappa shape index (κ1) is 24.1. The lowest BCUT2D eigenvalue weighted by molar-refractivity contribution is -0.119. The molecule has 7 nitrogen and oxygen atoms in total. The molecule has 0 aromatic heterocycles. The third kappa shape index (κ3) is 6.26.